The molecule has 0 aliphatic heterocycles. The number of rotatable bonds is 4. The Morgan fingerprint density at radius 3 is 2.00 bits per heavy atom. The van der Waals surface area contributed by atoms with Crippen molar-refractivity contribution >= 4 is 17.1 Å². The van der Waals surface area contributed by atoms with Gasteiger partial charge in [0.25, 0.3) is 0 Å². The molecule has 5 aromatic rings. The Morgan fingerprint density at radius 1 is 0.576 bits per heavy atom. The molecule has 0 bridgehead atoms. The first-order valence-corrected chi connectivity index (χ1v) is 11.5. The molecule has 1 aromatic heterocycles. The summed E-state index contributed by atoms with van der Waals surface area (Å²) in [4.78, 5) is 5.64. The SMILES string of the molecule is CC1(C)c2ccccc2-c2ccc(N(c3ccccc3)c3ccc(-c4ccc[nH]4)cc3)cc21. The van der Waals surface area contributed by atoms with Crippen molar-refractivity contribution in [2.45, 2.75) is 19.3 Å². The van der Waals surface area contributed by atoms with Gasteiger partial charge in [0.2, 0.25) is 0 Å². The first kappa shape index (κ1) is 19.6. The minimum atomic E-state index is -0.0260. The van der Waals surface area contributed by atoms with Gasteiger partial charge in [-0.25, -0.2) is 0 Å². The summed E-state index contributed by atoms with van der Waals surface area (Å²) in [5.74, 6) is 0. The number of aromatic nitrogens is 1. The van der Waals surface area contributed by atoms with Crippen LogP contribution >= 0.6 is 0 Å². The van der Waals surface area contributed by atoms with Crippen LogP contribution < -0.4 is 4.90 Å². The predicted octanol–water partition coefficient (Wildman–Crippen LogP) is 8.46. The third-order valence-corrected chi connectivity index (χ3v) is 6.87. The van der Waals surface area contributed by atoms with Crippen molar-refractivity contribution in [2.24, 2.45) is 0 Å². The van der Waals surface area contributed by atoms with Crippen LogP contribution in [-0.4, -0.2) is 4.98 Å². The zero-order valence-electron chi connectivity index (χ0n) is 18.9. The van der Waals surface area contributed by atoms with Crippen molar-refractivity contribution in [3.63, 3.8) is 0 Å². The number of nitrogens with zero attached hydrogens (tertiary/aromatic N) is 1. The summed E-state index contributed by atoms with van der Waals surface area (Å²) < 4.78 is 0. The van der Waals surface area contributed by atoms with E-state index in [9.17, 15) is 0 Å². The monoisotopic (exact) mass is 426 g/mol. The van der Waals surface area contributed by atoms with E-state index in [1.807, 2.05) is 12.3 Å². The van der Waals surface area contributed by atoms with Gasteiger partial charge in [-0.2, -0.15) is 0 Å². The van der Waals surface area contributed by atoms with Crippen molar-refractivity contribution in [2.75, 3.05) is 4.90 Å². The van der Waals surface area contributed by atoms with Gasteiger partial charge in [0.05, 0.1) is 0 Å². The third-order valence-electron chi connectivity index (χ3n) is 6.87. The van der Waals surface area contributed by atoms with E-state index >= 15 is 0 Å². The third kappa shape index (κ3) is 3.18. The first-order valence-electron chi connectivity index (χ1n) is 11.5. The smallest absolute Gasteiger partial charge is 0.0465 e. The number of anilines is 3. The summed E-state index contributed by atoms with van der Waals surface area (Å²) in [6.07, 6.45) is 1.96. The van der Waals surface area contributed by atoms with Gasteiger partial charge in [-0.3, -0.25) is 0 Å². The molecule has 33 heavy (non-hydrogen) atoms. The zero-order valence-corrected chi connectivity index (χ0v) is 18.9. The van der Waals surface area contributed by atoms with E-state index in [2.05, 4.69) is 127 Å². The highest BCUT2D eigenvalue weighted by Gasteiger charge is 2.35. The predicted molar refractivity (Wildman–Crippen MR) is 138 cm³/mol. The van der Waals surface area contributed by atoms with Crippen molar-refractivity contribution in [3.05, 3.63) is 127 Å². The molecule has 0 amide bonds. The van der Waals surface area contributed by atoms with Crippen LogP contribution in [0.15, 0.2) is 115 Å². The lowest BCUT2D eigenvalue weighted by molar-refractivity contribution is 0.660. The van der Waals surface area contributed by atoms with E-state index in [0.29, 0.717) is 0 Å². The molecule has 160 valence electrons. The average molecular weight is 427 g/mol. The minimum Gasteiger partial charge on any atom is -0.361 e. The maximum atomic E-state index is 3.30. The van der Waals surface area contributed by atoms with Crippen LogP contribution in [0.1, 0.15) is 25.0 Å². The molecule has 0 spiro atoms. The fourth-order valence-electron chi connectivity index (χ4n) is 5.16. The molecule has 1 heterocycles. The normalized spacial score (nSPS) is 13.4. The fourth-order valence-corrected chi connectivity index (χ4v) is 5.16. The van der Waals surface area contributed by atoms with E-state index in [1.165, 1.54) is 33.5 Å². The Labute approximate surface area is 195 Å². The summed E-state index contributed by atoms with van der Waals surface area (Å²) in [6.45, 7) is 4.67. The highest BCUT2D eigenvalue weighted by Crippen LogP contribution is 2.50. The second-order valence-corrected chi connectivity index (χ2v) is 9.20. The Balaban J connectivity index is 1.48. The standard InChI is InChI=1S/C31H26N2/c1-31(2)28-12-7-6-11-26(28)27-19-18-25(21-29(27)31)33(23-9-4-3-5-10-23)24-16-14-22(15-17-24)30-13-8-20-32-30/h3-21,32H,1-2H3. The molecule has 0 saturated heterocycles. The molecule has 0 atom stereocenters. The largest absolute Gasteiger partial charge is 0.361 e. The van der Waals surface area contributed by atoms with Gasteiger partial charge in [0, 0.05) is 34.4 Å². The van der Waals surface area contributed by atoms with Crippen LogP contribution in [0.4, 0.5) is 17.1 Å². The fraction of sp³-hybridized carbons (Fsp3) is 0.0968. The quantitative estimate of drug-likeness (QED) is 0.305. The molecule has 2 nitrogen and oxygen atoms in total. The molecule has 2 heteroatoms. The van der Waals surface area contributed by atoms with Gasteiger partial charge in [0.15, 0.2) is 0 Å². The first-order chi connectivity index (χ1) is 16.1. The van der Waals surface area contributed by atoms with Crippen LogP contribution in [0.2, 0.25) is 0 Å². The summed E-state index contributed by atoms with van der Waals surface area (Å²) in [5.41, 5.74) is 11.2. The summed E-state index contributed by atoms with van der Waals surface area (Å²) in [5, 5.41) is 0. The van der Waals surface area contributed by atoms with Gasteiger partial charge in [0.1, 0.15) is 0 Å². The topological polar surface area (TPSA) is 19.0 Å². The molecule has 0 unspecified atom stereocenters. The lowest BCUT2D eigenvalue weighted by Gasteiger charge is -2.28. The molecule has 1 N–H and O–H groups in total. The lowest BCUT2D eigenvalue weighted by atomic mass is 9.82. The van der Waals surface area contributed by atoms with Crippen molar-refractivity contribution in [3.8, 4) is 22.4 Å². The van der Waals surface area contributed by atoms with Crippen LogP contribution in [-0.2, 0) is 5.41 Å². The molecule has 1 aliphatic rings. The number of hydrogen-bond acceptors (Lipinski definition) is 1. The van der Waals surface area contributed by atoms with Crippen LogP contribution in [0.25, 0.3) is 22.4 Å². The number of benzene rings is 4. The molecule has 4 aromatic carbocycles. The van der Waals surface area contributed by atoms with Crippen molar-refractivity contribution in [1.29, 1.82) is 0 Å². The van der Waals surface area contributed by atoms with Gasteiger partial charge in [-0.15, -0.1) is 0 Å². The Bertz CT molecular complexity index is 1410. The van der Waals surface area contributed by atoms with Crippen molar-refractivity contribution < 1.29 is 0 Å². The van der Waals surface area contributed by atoms with E-state index in [1.54, 1.807) is 0 Å². The summed E-state index contributed by atoms with van der Waals surface area (Å²) >= 11 is 0. The van der Waals surface area contributed by atoms with Gasteiger partial charge in [-0.05, 0) is 76.3 Å². The van der Waals surface area contributed by atoms with Crippen molar-refractivity contribution in [1.82, 2.24) is 4.98 Å². The lowest BCUT2D eigenvalue weighted by Crippen LogP contribution is -2.16. The summed E-state index contributed by atoms with van der Waals surface area (Å²) in [7, 11) is 0. The maximum absolute atomic E-state index is 3.30. The number of fused-ring (bicyclic) bond motifs is 3. The number of hydrogen-bond donors (Lipinski definition) is 1. The zero-order chi connectivity index (χ0) is 22.4. The van der Waals surface area contributed by atoms with Gasteiger partial charge in [-0.1, -0.05) is 74.5 Å². The maximum Gasteiger partial charge on any atom is 0.0465 e. The summed E-state index contributed by atoms with van der Waals surface area (Å²) in [6, 6.07) is 39.2. The highest BCUT2D eigenvalue weighted by molar-refractivity contribution is 5.85. The van der Waals surface area contributed by atoms with Gasteiger partial charge >= 0.3 is 0 Å². The molecule has 6 rings (SSSR count). The number of aromatic amines is 1. The van der Waals surface area contributed by atoms with E-state index in [-0.39, 0.29) is 5.41 Å². The van der Waals surface area contributed by atoms with E-state index in [4.69, 9.17) is 0 Å². The second-order valence-electron chi connectivity index (χ2n) is 9.20. The number of H-pyrrole nitrogens is 1. The second kappa shape index (κ2) is 7.53. The highest BCUT2D eigenvalue weighted by atomic mass is 15.1. The Morgan fingerprint density at radius 2 is 1.24 bits per heavy atom. The molecular formula is C31H26N2. The average Bonchev–Trinajstić information content (AvgIpc) is 3.47. The van der Waals surface area contributed by atoms with Crippen LogP contribution in [0.5, 0.6) is 0 Å². The molecule has 0 radical (unpaired) electrons. The van der Waals surface area contributed by atoms with E-state index < -0.39 is 0 Å². The molecular weight excluding hydrogens is 400 g/mol. The Hall–Kier alpha value is -4.04. The van der Waals surface area contributed by atoms with E-state index in [0.717, 1.165) is 17.1 Å². The Kier molecular flexibility index (Phi) is 4.48. The molecule has 0 fully saturated rings. The molecule has 1 aliphatic carbocycles. The van der Waals surface area contributed by atoms with Crippen LogP contribution in [0, 0.1) is 0 Å². The number of nitrogens with one attached hydrogen (secondary N) is 1. The number of para-hydroxylation sites is 1. The van der Waals surface area contributed by atoms with Crippen LogP contribution in [0.3, 0.4) is 0 Å². The minimum absolute atomic E-state index is 0.0260. The molecule has 0 saturated carbocycles. The van der Waals surface area contributed by atoms with Gasteiger partial charge < -0.3 is 9.88 Å².